The van der Waals surface area contributed by atoms with Crippen molar-refractivity contribution in [2.24, 2.45) is 11.8 Å². The van der Waals surface area contributed by atoms with Crippen LogP contribution in [0.5, 0.6) is 0 Å². The molecule has 0 N–H and O–H groups in total. The fourth-order valence-corrected chi connectivity index (χ4v) is 5.34. The van der Waals surface area contributed by atoms with Crippen LogP contribution in [-0.2, 0) is 0 Å². The van der Waals surface area contributed by atoms with E-state index >= 15 is 0 Å². The average Bonchev–Trinajstić information content (AvgIpc) is 3.11. The van der Waals surface area contributed by atoms with Crippen molar-refractivity contribution in [1.29, 1.82) is 0 Å². The summed E-state index contributed by atoms with van der Waals surface area (Å²) in [6.07, 6.45) is 3.97. The maximum absolute atomic E-state index is 14.0. The van der Waals surface area contributed by atoms with Crippen molar-refractivity contribution >= 4 is 39.4 Å². The fraction of sp³-hybridized carbons (Fsp3) is 0.444. The van der Waals surface area contributed by atoms with Gasteiger partial charge >= 0.3 is 0 Å². The van der Waals surface area contributed by atoms with Crippen molar-refractivity contribution < 1.29 is 4.39 Å². The maximum atomic E-state index is 14.0. The summed E-state index contributed by atoms with van der Waals surface area (Å²) in [5.41, 5.74) is 3.16. The summed E-state index contributed by atoms with van der Waals surface area (Å²) in [5.74, 6) is 1.39. The number of hydrogen-bond acceptors (Lipinski definition) is 2. The second-order valence-corrected chi connectivity index (χ2v) is 7.70. The molecule has 118 valence electrons. The summed E-state index contributed by atoms with van der Waals surface area (Å²) in [5, 5.41) is 1.05. The largest absolute Gasteiger partial charge is 0.305 e. The van der Waals surface area contributed by atoms with Gasteiger partial charge in [0.25, 0.3) is 0 Å². The molecule has 4 heteroatoms. The van der Waals surface area contributed by atoms with E-state index in [2.05, 4.69) is 25.1 Å². The minimum absolute atomic E-state index is 0. The molecule has 0 saturated heterocycles. The van der Waals surface area contributed by atoms with Gasteiger partial charge in [0.2, 0.25) is 0 Å². The van der Waals surface area contributed by atoms with E-state index in [0.717, 1.165) is 22.5 Å². The summed E-state index contributed by atoms with van der Waals surface area (Å²) in [6, 6.07) is 7.61. The maximum Gasteiger partial charge on any atom is 0.141 e. The van der Waals surface area contributed by atoms with Gasteiger partial charge in [-0.3, -0.25) is 0 Å². The van der Waals surface area contributed by atoms with E-state index in [9.17, 15) is 4.39 Å². The van der Waals surface area contributed by atoms with Gasteiger partial charge < -0.3 is 4.90 Å². The third-order valence-corrected chi connectivity index (χ3v) is 6.12. The number of hydrogen-bond donors (Lipinski definition) is 0. The Morgan fingerprint density at radius 2 is 2.00 bits per heavy atom. The van der Waals surface area contributed by atoms with Crippen LogP contribution in [0.15, 0.2) is 29.8 Å². The summed E-state index contributed by atoms with van der Waals surface area (Å²) in [4.78, 5) is 3.57. The van der Waals surface area contributed by atoms with Crippen LogP contribution in [0.25, 0.3) is 15.7 Å². The number of fused-ring (bicyclic) bond motifs is 3. The lowest BCUT2D eigenvalue weighted by Crippen LogP contribution is -2.19. The van der Waals surface area contributed by atoms with E-state index in [1.54, 1.807) is 28.5 Å². The van der Waals surface area contributed by atoms with Crippen molar-refractivity contribution in [3.05, 3.63) is 40.5 Å². The number of halogens is 2. The van der Waals surface area contributed by atoms with Crippen LogP contribution >= 0.6 is 23.7 Å². The zero-order valence-corrected chi connectivity index (χ0v) is 14.6. The molecule has 0 spiro atoms. The summed E-state index contributed by atoms with van der Waals surface area (Å²) in [6.45, 7) is 1.05. The Morgan fingerprint density at radius 3 is 2.73 bits per heavy atom. The van der Waals surface area contributed by atoms with E-state index in [0.29, 0.717) is 5.92 Å². The highest BCUT2D eigenvalue weighted by atomic mass is 35.5. The van der Waals surface area contributed by atoms with Crippen molar-refractivity contribution in [3.8, 4) is 0 Å². The Labute approximate surface area is 141 Å². The first-order chi connectivity index (χ1) is 10.1. The second-order valence-electron chi connectivity index (χ2n) is 6.65. The molecule has 2 aromatic rings. The fourth-order valence-electron chi connectivity index (χ4n) is 4.12. The zero-order valence-electron chi connectivity index (χ0n) is 12.9. The van der Waals surface area contributed by atoms with E-state index in [1.807, 2.05) is 12.1 Å². The van der Waals surface area contributed by atoms with Gasteiger partial charge in [-0.2, -0.15) is 0 Å². The lowest BCUT2D eigenvalue weighted by molar-refractivity contribution is 0.423. The number of allylic oxidation sites excluding steroid dienone is 1. The van der Waals surface area contributed by atoms with E-state index < -0.39 is 0 Å². The quantitative estimate of drug-likeness (QED) is 0.743. The molecule has 2 aliphatic carbocycles. The number of thiophene rings is 1. The summed E-state index contributed by atoms with van der Waals surface area (Å²) >= 11 is 1.64. The Morgan fingerprint density at radius 1 is 1.23 bits per heavy atom. The SMILES string of the molecule is CN(C)CC1=C(c2cc3cccc(F)c3s2)C2CCC1C2.Cl. The molecular weight excluding hydrogens is 317 g/mol. The second kappa shape index (κ2) is 5.95. The number of likely N-dealkylation sites (N-methyl/N-ethyl adjacent to an activating group) is 1. The molecule has 2 aliphatic rings. The first-order valence-corrected chi connectivity index (χ1v) is 8.51. The summed E-state index contributed by atoms with van der Waals surface area (Å²) < 4.78 is 14.8. The van der Waals surface area contributed by atoms with Gasteiger partial charge in [0.1, 0.15) is 5.82 Å². The number of rotatable bonds is 3. The van der Waals surface area contributed by atoms with Crippen molar-refractivity contribution in [1.82, 2.24) is 4.90 Å². The third kappa shape index (κ3) is 2.49. The molecule has 0 amide bonds. The molecule has 2 bridgehead atoms. The highest BCUT2D eigenvalue weighted by molar-refractivity contribution is 7.20. The molecule has 1 heterocycles. The molecule has 2 atom stereocenters. The van der Waals surface area contributed by atoms with Gasteiger partial charge in [-0.1, -0.05) is 12.1 Å². The van der Waals surface area contributed by atoms with Crippen LogP contribution in [0, 0.1) is 17.7 Å². The van der Waals surface area contributed by atoms with Gasteiger partial charge in [-0.25, -0.2) is 4.39 Å². The average molecular weight is 338 g/mol. The van der Waals surface area contributed by atoms with Gasteiger partial charge in [-0.15, -0.1) is 23.7 Å². The van der Waals surface area contributed by atoms with Crippen LogP contribution < -0.4 is 0 Å². The third-order valence-electron chi connectivity index (χ3n) is 4.93. The van der Waals surface area contributed by atoms with Crippen LogP contribution in [-0.4, -0.2) is 25.5 Å². The van der Waals surface area contributed by atoms with Crippen LogP contribution in [0.4, 0.5) is 4.39 Å². The molecule has 1 nitrogen and oxygen atoms in total. The molecule has 0 radical (unpaired) electrons. The molecule has 1 fully saturated rings. The van der Waals surface area contributed by atoms with Gasteiger partial charge in [0.15, 0.2) is 0 Å². The molecule has 22 heavy (non-hydrogen) atoms. The topological polar surface area (TPSA) is 3.24 Å². The van der Waals surface area contributed by atoms with Gasteiger partial charge in [0, 0.05) is 11.4 Å². The highest BCUT2D eigenvalue weighted by Gasteiger charge is 2.39. The molecule has 4 rings (SSSR count). The van der Waals surface area contributed by atoms with Gasteiger partial charge in [-0.05, 0) is 73.9 Å². The predicted octanol–water partition coefficient (Wildman–Crippen LogP) is 5.21. The molecule has 1 aromatic heterocycles. The first-order valence-electron chi connectivity index (χ1n) is 7.69. The Bertz CT molecular complexity index is 734. The lowest BCUT2D eigenvalue weighted by atomic mass is 9.90. The Hall–Kier alpha value is -0.900. The van der Waals surface area contributed by atoms with E-state index in [-0.39, 0.29) is 18.2 Å². The van der Waals surface area contributed by atoms with Crippen LogP contribution in [0.2, 0.25) is 0 Å². The minimum Gasteiger partial charge on any atom is -0.305 e. The standard InChI is InChI=1S/C18H20FNS.ClH/c1-20(2)10-14-11-6-7-12(8-11)17(14)16-9-13-4-3-5-15(19)18(13)21-16;/h3-5,9,11-12H,6-8,10H2,1-2H3;1H. The first kappa shape index (κ1) is 16.0. The number of benzene rings is 1. The lowest BCUT2D eigenvalue weighted by Gasteiger charge is -2.22. The Balaban J connectivity index is 0.00000144. The molecule has 2 unspecified atom stereocenters. The van der Waals surface area contributed by atoms with Gasteiger partial charge in [0.05, 0.1) is 4.70 Å². The monoisotopic (exact) mass is 337 g/mol. The van der Waals surface area contributed by atoms with Crippen LogP contribution in [0.1, 0.15) is 24.1 Å². The highest BCUT2D eigenvalue weighted by Crippen LogP contribution is 2.54. The molecule has 0 aliphatic heterocycles. The van der Waals surface area contributed by atoms with E-state index in [1.165, 1.54) is 24.1 Å². The summed E-state index contributed by atoms with van der Waals surface area (Å²) in [7, 11) is 4.28. The van der Waals surface area contributed by atoms with Crippen molar-refractivity contribution in [3.63, 3.8) is 0 Å². The molecular formula is C18H21ClFNS. The number of nitrogens with zero attached hydrogens (tertiary/aromatic N) is 1. The van der Waals surface area contributed by atoms with E-state index in [4.69, 9.17) is 0 Å². The van der Waals surface area contributed by atoms with Crippen molar-refractivity contribution in [2.75, 3.05) is 20.6 Å². The van der Waals surface area contributed by atoms with Crippen molar-refractivity contribution in [2.45, 2.75) is 19.3 Å². The molecule has 1 aromatic carbocycles. The molecule has 1 saturated carbocycles. The van der Waals surface area contributed by atoms with Crippen LogP contribution in [0.3, 0.4) is 0 Å². The smallest absolute Gasteiger partial charge is 0.141 e. The Kier molecular flexibility index (Phi) is 4.32. The normalized spacial score (nSPS) is 23.6. The minimum atomic E-state index is -0.0818. The zero-order chi connectivity index (χ0) is 14.6. The predicted molar refractivity (Wildman–Crippen MR) is 95.3 cm³/mol.